The number of hydrogen-bond donors (Lipinski definition) is 0. The summed E-state index contributed by atoms with van der Waals surface area (Å²) in [6.07, 6.45) is 18.0. The number of ether oxygens (including phenoxy) is 1. The van der Waals surface area contributed by atoms with E-state index in [1.54, 1.807) is 0 Å². The van der Waals surface area contributed by atoms with E-state index in [4.69, 9.17) is 4.74 Å². The second-order valence-electron chi connectivity index (χ2n) is 12.9. The van der Waals surface area contributed by atoms with Crippen molar-refractivity contribution < 1.29 is 4.74 Å². The summed E-state index contributed by atoms with van der Waals surface area (Å²) in [7, 11) is 0. The van der Waals surface area contributed by atoms with Crippen LogP contribution in [-0.2, 0) is 17.6 Å². The van der Waals surface area contributed by atoms with Crippen molar-refractivity contribution in [2.24, 2.45) is 23.7 Å². The van der Waals surface area contributed by atoms with Crippen LogP contribution in [0.3, 0.4) is 0 Å². The number of nitrogens with zero attached hydrogens (tertiary/aromatic N) is 2. The van der Waals surface area contributed by atoms with Gasteiger partial charge in [-0.15, -0.1) is 0 Å². The fourth-order valence-corrected chi connectivity index (χ4v) is 7.09. The zero-order valence-electron chi connectivity index (χ0n) is 25.7. The van der Waals surface area contributed by atoms with Gasteiger partial charge >= 0.3 is 0 Å². The minimum atomic E-state index is 0.0299. The van der Waals surface area contributed by atoms with Crippen LogP contribution in [-0.4, -0.2) is 0 Å². The Balaban J connectivity index is 1.59. The molecular weight excluding hydrogens is 500 g/mol. The molecule has 2 aromatic carbocycles. The Morgan fingerprint density at radius 3 is 1.27 bits per heavy atom. The molecule has 0 heterocycles. The molecule has 41 heavy (non-hydrogen) atoms. The Morgan fingerprint density at radius 1 is 0.585 bits per heavy atom. The third-order valence-corrected chi connectivity index (χ3v) is 9.81. The summed E-state index contributed by atoms with van der Waals surface area (Å²) in [6, 6.07) is 23.6. The van der Waals surface area contributed by atoms with Crippen molar-refractivity contribution in [3.05, 3.63) is 70.8 Å². The summed E-state index contributed by atoms with van der Waals surface area (Å²) in [5, 5.41) is 19.1. The van der Waals surface area contributed by atoms with Crippen LogP contribution in [0.15, 0.2) is 48.5 Å². The second-order valence-corrected chi connectivity index (χ2v) is 12.9. The lowest BCUT2D eigenvalue weighted by Crippen LogP contribution is -2.28. The summed E-state index contributed by atoms with van der Waals surface area (Å²) < 4.78 is 7.35. The maximum absolute atomic E-state index is 9.54. The lowest BCUT2D eigenvalue weighted by molar-refractivity contribution is -0.0887. The number of hydrogen-bond acceptors (Lipinski definition) is 3. The number of aryl methyl sites for hydroxylation is 2. The normalized spacial score (nSPS) is 24.2. The van der Waals surface area contributed by atoms with E-state index in [9.17, 15) is 10.5 Å². The standard InChI is InChI=1S/C38H52N2O/c1-3-5-7-9-29-11-19-33(20-12-29)37(35-23-15-31(27-39)16-24-35)41-38(36-25-17-32(28-40)18-26-36)34-21-13-30(14-22-34)10-8-6-4-2/h11-14,19-22,31-32,35-38H,3-10,15-18,23-26H2,1-2H3. The van der Waals surface area contributed by atoms with Crippen LogP contribution in [0.4, 0.5) is 0 Å². The van der Waals surface area contributed by atoms with E-state index in [0.717, 1.165) is 64.2 Å². The van der Waals surface area contributed by atoms with E-state index < -0.39 is 0 Å². The molecule has 0 radical (unpaired) electrons. The third-order valence-electron chi connectivity index (χ3n) is 9.81. The van der Waals surface area contributed by atoms with Crippen LogP contribution in [0.5, 0.6) is 0 Å². The molecule has 0 bridgehead atoms. The molecule has 3 heteroatoms. The first kappa shape index (κ1) is 31.3. The van der Waals surface area contributed by atoms with Gasteiger partial charge in [-0.25, -0.2) is 0 Å². The largest absolute Gasteiger partial charge is 0.365 e. The summed E-state index contributed by atoms with van der Waals surface area (Å²) >= 11 is 0. The fourth-order valence-electron chi connectivity index (χ4n) is 7.09. The van der Waals surface area contributed by atoms with Gasteiger partial charge in [-0.05, 0) is 111 Å². The molecule has 0 amide bonds. The average Bonchev–Trinajstić information content (AvgIpc) is 3.03. The van der Waals surface area contributed by atoms with Crippen LogP contribution < -0.4 is 0 Å². The number of nitriles is 2. The number of benzene rings is 2. The molecule has 0 aliphatic heterocycles. The highest BCUT2D eigenvalue weighted by Gasteiger charge is 2.35. The molecule has 220 valence electrons. The summed E-state index contributed by atoms with van der Waals surface area (Å²) in [4.78, 5) is 0. The first-order valence-corrected chi connectivity index (χ1v) is 16.8. The molecule has 2 aromatic rings. The minimum absolute atomic E-state index is 0.0299. The third kappa shape index (κ3) is 9.18. The molecule has 2 fully saturated rings. The van der Waals surface area contributed by atoms with Gasteiger partial charge in [-0.3, -0.25) is 0 Å². The minimum Gasteiger partial charge on any atom is -0.365 e. The maximum Gasteiger partial charge on any atom is 0.0861 e. The van der Waals surface area contributed by atoms with Gasteiger partial charge in [-0.2, -0.15) is 10.5 Å². The van der Waals surface area contributed by atoms with Gasteiger partial charge in [0.25, 0.3) is 0 Å². The highest BCUT2D eigenvalue weighted by atomic mass is 16.5. The molecule has 3 nitrogen and oxygen atoms in total. The number of rotatable bonds is 14. The molecule has 4 rings (SSSR count). The predicted octanol–water partition coefficient (Wildman–Crippen LogP) is 10.6. The van der Waals surface area contributed by atoms with E-state index in [0.29, 0.717) is 11.8 Å². The molecular formula is C38H52N2O. The van der Waals surface area contributed by atoms with E-state index in [1.165, 1.54) is 60.8 Å². The van der Waals surface area contributed by atoms with Crippen LogP contribution >= 0.6 is 0 Å². The van der Waals surface area contributed by atoms with E-state index >= 15 is 0 Å². The van der Waals surface area contributed by atoms with Crippen LogP contribution in [0.1, 0.15) is 138 Å². The van der Waals surface area contributed by atoms with Crippen molar-refractivity contribution in [2.75, 3.05) is 0 Å². The topological polar surface area (TPSA) is 56.8 Å². The van der Waals surface area contributed by atoms with Gasteiger partial charge in [0.15, 0.2) is 0 Å². The predicted molar refractivity (Wildman–Crippen MR) is 168 cm³/mol. The highest BCUT2D eigenvalue weighted by molar-refractivity contribution is 5.28. The monoisotopic (exact) mass is 552 g/mol. The first-order chi connectivity index (χ1) is 20.1. The molecule has 0 aromatic heterocycles. The van der Waals surface area contributed by atoms with Crippen molar-refractivity contribution in [1.29, 1.82) is 10.5 Å². The van der Waals surface area contributed by atoms with Crippen molar-refractivity contribution in [2.45, 2.75) is 129 Å². The Hall–Kier alpha value is -2.62. The molecule has 0 spiro atoms. The summed E-state index contributed by atoms with van der Waals surface area (Å²) in [5.74, 6) is 1.23. The van der Waals surface area contributed by atoms with Crippen LogP contribution in [0, 0.1) is 46.3 Å². The van der Waals surface area contributed by atoms with Crippen molar-refractivity contribution >= 4 is 0 Å². The Morgan fingerprint density at radius 2 is 0.951 bits per heavy atom. The molecule has 0 N–H and O–H groups in total. The average molecular weight is 553 g/mol. The Labute approximate surface area is 250 Å². The summed E-state index contributed by atoms with van der Waals surface area (Å²) in [5.41, 5.74) is 5.41. The summed E-state index contributed by atoms with van der Waals surface area (Å²) in [6.45, 7) is 4.52. The second kappa shape index (κ2) is 16.7. The van der Waals surface area contributed by atoms with Gasteiger partial charge in [0.05, 0.1) is 24.3 Å². The van der Waals surface area contributed by atoms with Crippen molar-refractivity contribution in [3.8, 4) is 12.1 Å². The van der Waals surface area contributed by atoms with Gasteiger partial charge < -0.3 is 4.74 Å². The molecule has 0 saturated heterocycles. The van der Waals surface area contributed by atoms with Gasteiger partial charge in [0.2, 0.25) is 0 Å². The van der Waals surface area contributed by atoms with E-state index in [-0.39, 0.29) is 24.0 Å². The van der Waals surface area contributed by atoms with Crippen molar-refractivity contribution in [3.63, 3.8) is 0 Å². The zero-order chi connectivity index (χ0) is 28.9. The SMILES string of the molecule is CCCCCc1ccc(C(OC(c2ccc(CCCCC)cc2)C2CCC(C#N)CC2)C2CCC(C#N)CC2)cc1. The van der Waals surface area contributed by atoms with Crippen LogP contribution in [0.2, 0.25) is 0 Å². The van der Waals surface area contributed by atoms with Crippen molar-refractivity contribution in [1.82, 2.24) is 0 Å². The Kier molecular flexibility index (Phi) is 12.8. The maximum atomic E-state index is 9.54. The van der Waals surface area contributed by atoms with Crippen LogP contribution in [0.25, 0.3) is 0 Å². The molecule has 2 aliphatic carbocycles. The number of unbranched alkanes of at least 4 members (excludes halogenated alkanes) is 4. The lowest BCUT2D eigenvalue weighted by atomic mass is 9.76. The smallest absolute Gasteiger partial charge is 0.0861 e. The zero-order valence-corrected chi connectivity index (χ0v) is 25.7. The quantitative estimate of drug-likeness (QED) is 0.219. The van der Waals surface area contributed by atoms with Gasteiger partial charge in [0.1, 0.15) is 0 Å². The highest BCUT2D eigenvalue weighted by Crippen LogP contribution is 2.46. The first-order valence-electron chi connectivity index (χ1n) is 16.8. The molecule has 2 aliphatic rings. The fraction of sp³-hybridized carbons (Fsp3) is 0.632. The molecule has 2 unspecified atom stereocenters. The Bertz CT molecular complexity index is 1000. The molecule has 2 atom stereocenters. The van der Waals surface area contributed by atoms with Gasteiger partial charge in [0, 0.05) is 11.8 Å². The lowest BCUT2D eigenvalue weighted by Gasteiger charge is -2.39. The van der Waals surface area contributed by atoms with E-state index in [1.807, 2.05) is 0 Å². The van der Waals surface area contributed by atoms with E-state index in [2.05, 4.69) is 74.5 Å². The molecule has 2 saturated carbocycles. The van der Waals surface area contributed by atoms with Gasteiger partial charge in [-0.1, -0.05) is 88.1 Å².